The maximum absolute atomic E-state index is 12.7. The summed E-state index contributed by atoms with van der Waals surface area (Å²) in [6.45, 7) is 0. The summed E-state index contributed by atoms with van der Waals surface area (Å²) in [6.07, 6.45) is -4.53. The first-order valence-corrected chi connectivity index (χ1v) is 7.06. The molecule has 0 saturated heterocycles. The molecule has 1 aromatic rings. The Balaban J connectivity index is 3.57. The van der Waals surface area contributed by atoms with Gasteiger partial charge in [0.1, 0.15) is 5.56 Å². The number of hydrogen-bond donors (Lipinski definition) is 2. The Hall–Kier alpha value is -2.41. The number of hydrogen-bond acceptors (Lipinski definition) is 7. The van der Waals surface area contributed by atoms with Gasteiger partial charge in [0.15, 0.2) is 0 Å². The normalized spacial score (nSPS) is 12.0. The number of nitrogen functional groups attached to an aromatic ring is 1. The zero-order valence-electron chi connectivity index (χ0n) is 10.8. The number of halogens is 3. The molecule has 4 N–H and O–H groups in total. The lowest BCUT2D eigenvalue weighted by molar-refractivity contribution is -0.388. The molecule has 13 heteroatoms. The van der Waals surface area contributed by atoms with Crippen LogP contribution >= 0.6 is 0 Å². The molecule has 0 saturated carbocycles. The molecule has 1 rings (SSSR count). The molecule has 1 amide bonds. The highest BCUT2D eigenvalue weighted by Crippen LogP contribution is 2.38. The predicted molar refractivity (Wildman–Crippen MR) is 67.7 cm³/mol. The molecule has 0 atom stereocenters. The Morgan fingerprint density at radius 2 is 1.86 bits per heavy atom. The second-order valence-corrected chi connectivity index (χ2v) is 5.93. The fraction of sp³-hybridized carbons (Fsp3) is 0.222. The molecule has 0 radical (unpaired) electrons. The summed E-state index contributed by atoms with van der Waals surface area (Å²) in [6, 6.07) is 0.396. The van der Waals surface area contributed by atoms with E-state index in [2.05, 4.69) is 0 Å². The van der Waals surface area contributed by atoms with Gasteiger partial charge in [-0.05, 0) is 6.07 Å². The minimum Gasteiger partial charge on any atom is -0.398 e. The van der Waals surface area contributed by atoms with E-state index < -0.39 is 49.5 Å². The van der Waals surface area contributed by atoms with E-state index in [1.807, 2.05) is 0 Å². The van der Waals surface area contributed by atoms with E-state index in [1.54, 1.807) is 0 Å². The van der Waals surface area contributed by atoms with Gasteiger partial charge in [-0.1, -0.05) is 0 Å². The predicted octanol–water partition coefficient (Wildman–Crippen LogP) is 0.471. The summed E-state index contributed by atoms with van der Waals surface area (Å²) in [4.78, 5) is 21.1. The van der Waals surface area contributed by atoms with Gasteiger partial charge >= 0.3 is 6.18 Å². The second-order valence-electron chi connectivity index (χ2n) is 4.08. The van der Waals surface area contributed by atoms with Gasteiger partial charge < -0.3 is 5.73 Å². The summed E-state index contributed by atoms with van der Waals surface area (Å²) in [5.41, 5.74) is 0.481. The standard InChI is InChI=1S/C9H9F3N4O5S/c1-22(20,21)15(14)8(17)4-2-7(16(18)19)5(3-6(4)13)9(10,11)12/h2-3H,13-14H2,1H3. The number of carbonyl (C=O) groups excluding carboxylic acids is 1. The van der Waals surface area contributed by atoms with E-state index >= 15 is 0 Å². The van der Waals surface area contributed by atoms with E-state index in [9.17, 15) is 36.5 Å². The Labute approximate surface area is 121 Å². The van der Waals surface area contributed by atoms with Gasteiger partial charge in [0, 0.05) is 11.8 Å². The van der Waals surface area contributed by atoms with Gasteiger partial charge in [0.2, 0.25) is 10.0 Å². The summed E-state index contributed by atoms with van der Waals surface area (Å²) in [7, 11) is -4.22. The Morgan fingerprint density at radius 1 is 1.36 bits per heavy atom. The van der Waals surface area contributed by atoms with Gasteiger partial charge in [-0.25, -0.2) is 14.3 Å². The van der Waals surface area contributed by atoms with Crippen molar-refractivity contribution in [1.29, 1.82) is 0 Å². The molecular weight excluding hydrogens is 333 g/mol. The lowest BCUT2D eigenvalue weighted by atomic mass is 10.1. The number of anilines is 1. The van der Waals surface area contributed by atoms with Crippen molar-refractivity contribution in [3.8, 4) is 0 Å². The van der Waals surface area contributed by atoms with Crippen LogP contribution < -0.4 is 11.6 Å². The Kier molecular flexibility index (Phi) is 4.34. The molecule has 0 spiro atoms. The quantitative estimate of drug-likeness (QED) is 0.266. The molecule has 0 aromatic heterocycles. The lowest BCUT2D eigenvalue weighted by Gasteiger charge is -2.16. The van der Waals surface area contributed by atoms with Gasteiger partial charge in [0.05, 0.1) is 16.7 Å². The van der Waals surface area contributed by atoms with E-state index in [-0.39, 0.29) is 16.5 Å². The van der Waals surface area contributed by atoms with Gasteiger partial charge in [-0.2, -0.15) is 17.6 Å². The van der Waals surface area contributed by atoms with Crippen LogP contribution in [-0.2, 0) is 16.2 Å². The van der Waals surface area contributed by atoms with Crippen LogP contribution in [0.25, 0.3) is 0 Å². The van der Waals surface area contributed by atoms with Crippen molar-refractivity contribution in [2.45, 2.75) is 6.18 Å². The van der Waals surface area contributed by atoms with Crippen LogP contribution in [0.5, 0.6) is 0 Å². The third-order valence-corrected chi connectivity index (χ3v) is 3.34. The first-order chi connectivity index (χ1) is 9.76. The fourth-order valence-electron chi connectivity index (χ4n) is 1.44. The zero-order valence-corrected chi connectivity index (χ0v) is 11.6. The number of nitrogens with two attached hydrogens (primary N) is 2. The number of nitrogens with zero attached hydrogens (tertiary/aromatic N) is 2. The second kappa shape index (κ2) is 5.42. The molecule has 0 bridgehead atoms. The van der Waals surface area contributed by atoms with E-state index in [4.69, 9.17) is 11.6 Å². The van der Waals surface area contributed by atoms with Crippen molar-refractivity contribution < 1.29 is 31.3 Å². The molecular formula is C9H9F3N4O5S. The number of sulfonamides is 1. The number of hydrazine groups is 1. The molecule has 0 heterocycles. The molecule has 1 aromatic carbocycles. The first kappa shape index (κ1) is 17.6. The van der Waals surface area contributed by atoms with Crippen LogP contribution in [0, 0.1) is 10.1 Å². The molecule has 0 aliphatic carbocycles. The molecule has 0 aliphatic rings. The molecule has 0 unspecified atom stereocenters. The van der Waals surface area contributed by atoms with Crippen LogP contribution in [0.2, 0.25) is 0 Å². The number of nitro groups is 1. The van der Waals surface area contributed by atoms with Crippen molar-refractivity contribution in [1.82, 2.24) is 4.41 Å². The maximum Gasteiger partial charge on any atom is 0.423 e. The number of alkyl halides is 3. The maximum atomic E-state index is 12.7. The molecule has 0 fully saturated rings. The van der Waals surface area contributed by atoms with Crippen LogP contribution in [0.3, 0.4) is 0 Å². The molecule has 22 heavy (non-hydrogen) atoms. The van der Waals surface area contributed by atoms with Crippen molar-refractivity contribution in [2.24, 2.45) is 5.84 Å². The van der Waals surface area contributed by atoms with E-state index in [1.165, 1.54) is 0 Å². The third-order valence-electron chi connectivity index (χ3n) is 2.46. The number of rotatable bonds is 3. The van der Waals surface area contributed by atoms with E-state index in [0.29, 0.717) is 6.26 Å². The fourth-order valence-corrected chi connectivity index (χ4v) is 1.84. The lowest BCUT2D eigenvalue weighted by Crippen LogP contribution is -2.42. The van der Waals surface area contributed by atoms with Crippen LogP contribution in [0.1, 0.15) is 15.9 Å². The minimum absolute atomic E-state index is 0.168. The summed E-state index contributed by atoms with van der Waals surface area (Å²) in [5.74, 6) is 3.49. The molecule has 9 nitrogen and oxygen atoms in total. The van der Waals surface area contributed by atoms with Crippen LogP contribution in [0.15, 0.2) is 12.1 Å². The van der Waals surface area contributed by atoms with Gasteiger partial charge in [0.25, 0.3) is 11.6 Å². The number of amides is 1. The first-order valence-electron chi connectivity index (χ1n) is 5.21. The van der Waals surface area contributed by atoms with Crippen molar-refractivity contribution in [2.75, 3.05) is 12.0 Å². The highest BCUT2D eigenvalue weighted by Gasteiger charge is 2.40. The largest absolute Gasteiger partial charge is 0.423 e. The van der Waals surface area contributed by atoms with E-state index in [0.717, 1.165) is 0 Å². The zero-order chi connectivity index (χ0) is 17.5. The Bertz CT molecular complexity index is 746. The monoisotopic (exact) mass is 342 g/mol. The average Bonchev–Trinajstić information content (AvgIpc) is 2.34. The Morgan fingerprint density at radius 3 is 2.23 bits per heavy atom. The van der Waals surface area contributed by atoms with Gasteiger partial charge in [-0.3, -0.25) is 14.9 Å². The minimum atomic E-state index is -5.09. The summed E-state index contributed by atoms with van der Waals surface area (Å²) in [5, 5.41) is 10.7. The van der Waals surface area contributed by atoms with Crippen molar-refractivity contribution >= 4 is 27.3 Å². The molecule has 0 aliphatic heterocycles. The molecule has 122 valence electrons. The summed E-state index contributed by atoms with van der Waals surface area (Å²) >= 11 is 0. The SMILES string of the molecule is CS(=O)(=O)N(N)C(=O)c1cc([N+](=O)[O-])c(C(F)(F)F)cc1N. The van der Waals surface area contributed by atoms with Crippen molar-refractivity contribution in [3.05, 3.63) is 33.4 Å². The topological polar surface area (TPSA) is 150 Å². The highest BCUT2D eigenvalue weighted by molar-refractivity contribution is 7.88. The number of nitro benzene ring substituents is 1. The smallest absolute Gasteiger partial charge is 0.398 e. The van der Waals surface area contributed by atoms with Crippen molar-refractivity contribution in [3.63, 3.8) is 0 Å². The number of carbonyl (C=O) groups is 1. The van der Waals surface area contributed by atoms with Crippen LogP contribution in [-0.4, -0.2) is 29.9 Å². The third kappa shape index (κ3) is 3.43. The average molecular weight is 342 g/mol. The van der Waals surface area contributed by atoms with Gasteiger partial charge in [-0.15, -0.1) is 0 Å². The van der Waals surface area contributed by atoms with Crippen LogP contribution in [0.4, 0.5) is 24.5 Å². The number of benzene rings is 1. The summed E-state index contributed by atoms with van der Waals surface area (Å²) < 4.78 is 60.1. The highest BCUT2D eigenvalue weighted by atomic mass is 32.2.